The molecule has 0 aliphatic carbocycles. The molecule has 2 rings (SSSR count). The van der Waals surface area contributed by atoms with E-state index in [2.05, 4.69) is 5.32 Å². The van der Waals surface area contributed by atoms with E-state index in [4.69, 9.17) is 5.73 Å². The molecule has 6 heteroatoms. The van der Waals surface area contributed by atoms with E-state index in [1.165, 1.54) is 12.1 Å². The average molecular weight is 321 g/mol. The molecule has 0 saturated carbocycles. The first-order valence-corrected chi connectivity index (χ1v) is 8.10. The summed E-state index contributed by atoms with van der Waals surface area (Å²) >= 11 is 0. The van der Waals surface area contributed by atoms with E-state index in [1.54, 1.807) is 17.0 Å². The zero-order valence-corrected chi connectivity index (χ0v) is 13.3. The van der Waals surface area contributed by atoms with Crippen molar-refractivity contribution in [3.8, 4) is 0 Å². The van der Waals surface area contributed by atoms with Gasteiger partial charge in [0.2, 0.25) is 11.8 Å². The Kier molecular flexibility index (Phi) is 6.52. The Bertz CT molecular complexity index is 533. The molecule has 1 heterocycles. The number of nitrogens with two attached hydrogens (primary N) is 1. The fourth-order valence-electron chi connectivity index (χ4n) is 2.82. The Balaban J connectivity index is 1.81. The van der Waals surface area contributed by atoms with Crippen LogP contribution >= 0.6 is 0 Å². The summed E-state index contributed by atoms with van der Waals surface area (Å²) in [7, 11) is 0. The highest BCUT2D eigenvalue weighted by Crippen LogP contribution is 2.18. The maximum Gasteiger partial charge on any atom is 0.224 e. The van der Waals surface area contributed by atoms with Crippen LogP contribution < -0.4 is 11.1 Å². The first kappa shape index (κ1) is 17.4. The van der Waals surface area contributed by atoms with Gasteiger partial charge in [-0.25, -0.2) is 4.39 Å². The van der Waals surface area contributed by atoms with Crippen molar-refractivity contribution in [2.24, 2.45) is 11.7 Å². The number of aryl methyl sites for hydroxylation is 1. The Labute approximate surface area is 136 Å². The molecule has 1 unspecified atom stereocenters. The van der Waals surface area contributed by atoms with Gasteiger partial charge < -0.3 is 16.0 Å². The number of likely N-dealkylation sites (tertiary alicyclic amines) is 1. The van der Waals surface area contributed by atoms with E-state index in [9.17, 15) is 14.0 Å². The number of halogens is 1. The zero-order valence-electron chi connectivity index (χ0n) is 13.3. The van der Waals surface area contributed by atoms with Crippen molar-refractivity contribution >= 4 is 11.8 Å². The molecule has 126 valence electrons. The van der Waals surface area contributed by atoms with Gasteiger partial charge in [0.15, 0.2) is 0 Å². The number of hydrogen-bond donors (Lipinski definition) is 2. The summed E-state index contributed by atoms with van der Waals surface area (Å²) in [5, 5.41) is 2.79. The standard InChI is InChI=1S/C17H24FN3O2/c18-15-6-3-13(4-7-15)5-8-16(22)21-11-1-2-14(12-21)17(23)20-10-9-19/h3-4,6-7,14H,1-2,5,8-12,19H2,(H,20,23). The van der Waals surface area contributed by atoms with Crippen LogP contribution in [-0.2, 0) is 16.0 Å². The smallest absolute Gasteiger partial charge is 0.224 e. The maximum atomic E-state index is 12.9. The molecule has 1 aliphatic rings. The Morgan fingerprint density at radius 2 is 2.04 bits per heavy atom. The van der Waals surface area contributed by atoms with Crippen LogP contribution in [0.2, 0.25) is 0 Å². The van der Waals surface area contributed by atoms with Gasteiger partial charge in [0.05, 0.1) is 5.92 Å². The number of piperidine rings is 1. The second-order valence-electron chi connectivity index (χ2n) is 5.89. The average Bonchev–Trinajstić information content (AvgIpc) is 2.59. The van der Waals surface area contributed by atoms with E-state index >= 15 is 0 Å². The first-order valence-electron chi connectivity index (χ1n) is 8.10. The lowest BCUT2D eigenvalue weighted by molar-refractivity contribution is -0.135. The van der Waals surface area contributed by atoms with Gasteiger partial charge in [0.25, 0.3) is 0 Å². The summed E-state index contributed by atoms with van der Waals surface area (Å²) in [5.74, 6) is -0.398. The second-order valence-corrected chi connectivity index (χ2v) is 5.89. The highest BCUT2D eigenvalue weighted by Gasteiger charge is 2.27. The predicted molar refractivity (Wildman–Crippen MR) is 86.1 cm³/mol. The van der Waals surface area contributed by atoms with Crippen LogP contribution in [-0.4, -0.2) is 42.9 Å². The van der Waals surface area contributed by atoms with Crippen LogP contribution in [0.5, 0.6) is 0 Å². The van der Waals surface area contributed by atoms with E-state index in [-0.39, 0.29) is 23.5 Å². The number of nitrogens with one attached hydrogen (secondary N) is 1. The van der Waals surface area contributed by atoms with Crippen molar-refractivity contribution in [2.45, 2.75) is 25.7 Å². The lowest BCUT2D eigenvalue weighted by atomic mass is 9.96. The van der Waals surface area contributed by atoms with E-state index in [0.29, 0.717) is 39.0 Å². The van der Waals surface area contributed by atoms with Crippen LogP contribution in [0.3, 0.4) is 0 Å². The second kappa shape index (κ2) is 8.62. The first-order chi connectivity index (χ1) is 11.1. The lowest BCUT2D eigenvalue weighted by Crippen LogP contribution is -2.46. The van der Waals surface area contributed by atoms with Gasteiger partial charge in [-0.15, -0.1) is 0 Å². The largest absolute Gasteiger partial charge is 0.355 e. The number of carbonyl (C=O) groups is 2. The molecule has 1 atom stereocenters. The van der Waals surface area contributed by atoms with Crippen LogP contribution in [0.1, 0.15) is 24.8 Å². The van der Waals surface area contributed by atoms with Crippen LogP contribution in [0.25, 0.3) is 0 Å². The molecule has 1 aromatic carbocycles. The number of hydrogen-bond acceptors (Lipinski definition) is 3. The molecule has 0 bridgehead atoms. The van der Waals surface area contributed by atoms with Crippen molar-refractivity contribution < 1.29 is 14.0 Å². The molecular weight excluding hydrogens is 297 g/mol. The fraction of sp³-hybridized carbons (Fsp3) is 0.529. The van der Waals surface area contributed by atoms with Crippen LogP contribution in [0, 0.1) is 11.7 Å². The molecule has 5 nitrogen and oxygen atoms in total. The van der Waals surface area contributed by atoms with Crippen molar-refractivity contribution in [1.82, 2.24) is 10.2 Å². The third-order valence-corrected chi connectivity index (χ3v) is 4.13. The molecule has 0 aromatic heterocycles. The van der Waals surface area contributed by atoms with Gasteiger partial charge in [0, 0.05) is 32.6 Å². The van der Waals surface area contributed by atoms with Gasteiger partial charge in [-0.3, -0.25) is 9.59 Å². The van der Waals surface area contributed by atoms with Crippen molar-refractivity contribution in [1.29, 1.82) is 0 Å². The van der Waals surface area contributed by atoms with Crippen LogP contribution in [0.15, 0.2) is 24.3 Å². The van der Waals surface area contributed by atoms with Crippen molar-refractivity contribution in [3.05, 3.63) is 35.6 Å². The molecule has 1 saturated heterocycles. The number of benzene rings is 1. The minimum atomic E-state index is -0.276. The lowest BCUT2D eigenvalue weighted by Gasteiger charge is -2.32. The Hall–Kier alpha value is -1.95. The number of rotatable bonds is 6. The summed E-state index contributed by atoms with van der Waals surface area (Å²) in [6.45, 7) is 2.05. The monoisotopic (exact) mass is 321 g/mol. The number of amides is 2. The van der Waals surface area contributed by atoms with Gasteiger partial charge in [-0.2, -0.15) is 0 Å². The summed E-state index contributed by atoms with van der Waals surface area (Å²) < 4.78 is 12.9. The summed E-state index contributed by atoms with van der Waals surface area (Å²) in [6.07, 6.45) is 2.60. The number of nitrogens with zero attached hydrogens (tertiary/aromatic N) is 1. The SMILES string of the molecule is NCCNC(=O)C1CCCN(C(=O)CCc2ccc(F)cc2)C1. The molecule has 3 N–H and O–H groups in total. The minimum absolute atomic E-state index is 0.0218. The highest BCUT2D eigenvalue weighted by molar-refractivity contribution is 5.81. The van der Waals surface area contributed by atoms with Crippen molar-refractivity contribution in [3.63, 3.8) is 0 Å². The molecule has 1 fully saturated rings. The summed E-state index contributed by atoms with van der Waals surface area (Å²) in [6, 6.07) is 6.20. The fourth-order valence-corrected chi connectivity index (χ4v) is 2.82. The molecule has 0 radical (unpaired) electrons. The molecular formula is C17H24FN3O2. The van der Waals surface area contributed by atoms with E-state index in [1.807, 2.05) is 0 Å². The molecule has 0 spiro atoms. The molecule has 2 amide bonds. The summed E-state index contributed by atoms with van der Waals surface area (Å²) in [5.41, 5.74) is 6.32. The third kappa shape index (κ3) is 5.32. The van der Waals surface area contributed by atoms with E-state index < -0.39 is 0 Å². The normalized spacial score (nSPS) is 17.8. The quantitative estimate of drug-likeness (QED) is 0.823. The highest BCUT2D eigenvalue weighted by atomic mass is 19.1. The van der Waals surface area contributed by atoms with Gasteiger partial charge in [-0.1, -0.05) is 12.1 Å². The molecule has 23 heavy (non-hydrogen) atoms. The Morgan fingerprint density at radius 1 is 1.30 bits per heavy atom. The molecule has 1 aliphatic heterocycles. The predicted octanol–water partition coefficient (Wildman–Crippen LogP) is 1.07. The summed E-state index contributed by atoms with van der Waals surface area (Å²) in [4.78, 5) is 26.1. The van der Waals surface area contributed by atoms with Gasteiger partial charge in [-0.05, 0) is 37.0 Å². The van der Waals surface area contributed by atoms with Gasteiger partial charge >= 0.3 is 0 Å². The van der Waals surface area contributed by atoms with Crippen LogP contribution in [0.4, 0.5) is 4.39 Å². The molecule has 1 aromatic rings. The van der Waals surface area contributed by atoms with Crippen molar-refractivity contribution in [2.75, 3.05) is 26.2 Å². The van der Waals surface area contributed by atoms with Gasteiger partial charge in [0.1, 0.15) is 5.82 Å². The van der Waals surface area contributed by atoms with E-state index in [0.717, 1.165) is 18.4 Å². The zero-order chi connectivity index (χ0) is 16.7. The topological polar surface area (TPSA) is 75.4 Å². The number of carbonyl (C=O) groups excluding carboxylic acids is 2. The minimum Gasteiger partial charge on any atom is -0.355 e. The third-order valence-electron chi connectivity index (χ3n) is 4.13. The maximum absolute atomic E-state index is 12.9. The Morgan fingerprint density at radius 3 is 2.74 bits per heavy atom.